The van der Waals surface area contributed by atoms with Gasteiger partial charge in [-0.1, -0.05) is 12.2 Å². The molecule has 0 spiro atoms. The third-order valence-corrected chi connectivity index (χ3v) is 3.07. The fraction of sp³-hybridized carbons (Fsp3) is 0.727. The van der Waals surface area contributed by atoms with Crippen LogP contribution in [0, 0.1) is 5.92 Å². The van der Waals surface area contributed by atoms with E-state index >= 15 is 0 Å². The van der Waals surface area contributed by atoms with E-state index < -0.39 is 0 Å². The Morgan fingerprint density at radius 2 is 2.36 bits per heavy atom. The summed E-state index contributed by atoms with van der Waals surface area (Å²) in [5.74, 6) is 0.651. The van der Waals surface area contributed by atoms with Crippen LogP contribution >= 0.6 is 0 Å². The van der Waals surface area contributed by atoms with E-state index in [9.17, 15) is 9.90 Å². The van der Waals surface area contributed by atoms with Crippen LogP contribution < -0.4 is 0 Å². The quantitative estimate of drug-likeness (QED) is 0.666. The van der Waals surface area contributed by atoms with E-state index in [-0.39, 0.29) is 12.0 Å². The molecule has 1 N–H and O–H groups in total. The third kappa shape index (κ3) is 2.15. The molecule has 2 rings (SSSR count). The average Bonchev–Trinajstić information content (AvgIpc) is 2.75. The number of β-amino-alcohol motifs (C(OH)–C–C–N with tert-alkyl or cyclic N) is 1. The lowest BCUT2D eigenvalue weighted by Crippen LogP contribution is -2.30. The maximum atomic E-state index is 11.7. The molecule has 0 aromatic heterocycles. The summed E-state index contributed by atoms with van der Waals surface area (Å²) in [6.07, 6.45) is 7.59. The van der Waals surface area contributed by atoms with Crippen molar-refractivity contribution in [1.29, 1.82) is 0 Å². The smallest absolute Gasteiger partial charge is 0.223 e. The van der Waals surface area contributed by atoms with Crippen molar-refractivity contribution >= 4 is 5.91 Å². The van der Waals surface area contributed by atoms with Gasteiger partial charge in [0.2, 0.25) is 5.91 Å². The second kappa shape index (κ2) is 4.13. The van der Waals surface area contributed by atoms with Gasteiger partial charge in [-0.15, -0.1) is 0 Å². The highest BCUT2D eigenvalue weighted by Gasteiger charge is 2.26. The highest BCUT2D eigenvalue weighted by Crippen LogP contribution is 2.22. The Bertz CT molecular complexity index is 250. The summed E-state index contributed by atoms with van der Waals surface area (Å²) in [5.41, 5.74) is 0. The fourth-order valence-corrected chi connectivity index (χ4v) is 2.19. The van der Waals surface area contributed by atoms with Crippen LogP contribution in [0.2, 0.25) is 0 Å². The lowest BCUT2D eigenvalue weighted by atomic mass is 10.0. The predicted octanol–water partition coefficient (Wildman–Crippen LogP) is 0.936. The summed E-state index contributed by atoms with van der Waals surface area (Å²) >= 11 is 0. The Morgan fingerprint density at radius 3 is 2.93 bits per heavy atom. The Kier molecular flexibility index (Phi) is 2.87. The molecule has 3 nitrogen and oxygen atoms in total. The van der Waals surface area contributed by atoms with Crippen LogP contribution in [0.15, 0.2) is 12.2 Å². The van der Waals surface area contributed by atoms with E-state index in [1.807, 2.05) is 0 Å². The first-order chi connectivity index (χ1) is 6.75. The van der Waals surface area contributed by atoms with Gasteiger partial charge in [-0.2, -0.15) is 0 Å². The van der Waals surface area contributed by atoms with Gasteiger partial charge in [0.1, 0.15) is 0 Å². The van der Waals surface area contributed by atoms with Gasteiger partial charge in [0, 0.05) is 19.5 Å². The van der Waals surface area contributed by atoms with Crippen molar-refractivity contribution in [2.75, 3.05) is 13.1 Å². The number of nitrogens with zero attached hydrogens (tertiary/aromatic N) is 1. The van der Waals surface area contributed by atoms with Gasteiger partial charge in [-0.05, 0) is 25.2 Å². The molecule has 1 aliphatic carbocycles. The minimum absolute atomic E-state index is 0.207. The van der Waals surface area contributed by atoms with Gasteiger partial charge >= 0.3 is 0 Å². The first-order valence-corrected chi connectivity index (χ1v) is 5.38. The van der Waals surface area contributed by atoms with Crippen molar-refractivity contribution < 1.29 is 9.90 Å². The number of allylic oxidation sites excluding steroid dienone is 2. The van der Waals surface area contributed by atoms with Crippen molar-refractivity contribution in [2.45, 2.75) is 31.8 Å². The molecule has 0 aromatic carbocycles. The highest BCUT2D eigenvalue weighted by atomic mass is 16.3. The molecule has 78 valence electrons. The summed E-state index contributed by atoms with van der Waals surface area (Å²) in [5, 5.41) is 9.30. The maximum Gasteiger partial charge on any atom is 0.223 e. The maximum absolute atomic E-state index is 11.7. The molecule has 2 unspecified atom stereocenters. The molecular formula is C11H17NO2. The zero-order valence-electron chi connectivity index (χ0n) is 8.35. The second-order valence-corrected chi connectivity index (χ2v) is 4.25. The standard InChI is InChI=1S/C11H17NO2/c13-10-5-6-12(8-10)11(14)7-9-3-1-2-4-9/h1,3,9-10,13H,2,4-8H2. The highest BCUT2D eigenvalue weighted by molar-refractivity contribution is 5.77. The summed E-state index contributed by atoms with van der Waals surface area (Å²) in [6.45, 7) is 1.27. The van der Waals surface area contributed by atoms with Gasteiger partial charge in [-0.3, -0.25) is 4.79 Å². The van der Waals surface area contributed by atoms with Gasteiger partial charge in [-0.25, -0.2) is 0 Å². The van der Waals surface area contributed by atoms with Gasteiger partial charge < -0.3 is 10.0 Å². The van der Waals surface area contributed by atoms with Crippen molar-refractivity contribution in [1.82, 2.24) is 4.90 Å². The van der Waals surface area contributed by atoms with Gasteiger partial charge in [0.05, 0.1) is 6.10 Å². The van der Waals surface area contributed by atoms with E-state index in [0.29, 0.717) is 18.9 Å². The van der Waals surface area contributed by atoms with E-state index in [2.05, 4.69) is 12.2 Å². The number of hydrogen-bond acceptors (Lipinski definition) is 2. The fourth-order valence-electron chi connectivity index (χ4n) is 2.19. The Hall–Kier alpha value is -0.830. The minimum atomic E-state index is -0.293. The summed E-state index contributed by atoms with van der Waals surface area (Å²) < 4.78 is 0. The SMILES string of the molecule is O=C(CC1C=CCC1)N1CCC(O)C1. The average molecular weight is 195 g/mol. The second-order valence-electron chi connectivity index (χ2n) is 4.25. The summed E-state index contributed by atoms with van der Waals surface area (Å²) in [4.78, 5) is 13.5. The van der Waals surface area contributed by atoms with Crippen LogP contribution in [-0.2, 0) is 4.79 Å². The molecule has 0 bridgehead atoms. The van der Waals surface area contributed by atoms with Gasteiger partial charge in [0.15, 0.2) is 0 Å². The van der Waals surface area contributed by atoms with Crippen molar-refractivity contribution in [2.24, 2.45) is 5.92 Å². The zero-order chi connectivity index (χ0) is 9.97. The van der Waals surface area contributed by atoms with E-state index in [0.717, 1.165) is 25.8 Å². The lowest BCUT2D eigenvalue weighted by Gasteiger charge is -2.17. The van der Waals surface area contributed by atoms with Crippen LogP contribution in [0.25, 0.3) is 0 Å². The minimum Gasteiger partial charge on any atom is -0.391 e. The first kappa shape index (κ1) is 9.71. The molecule has 0 aromatic rings. The molecule has 1 fully saturated rings. The number of carbonyl (C=O) groups excluding carboxylic acids is 1. The lowest BCUT2D eigenvalue weighted by molar-refractivity contribution is -0.131. The Labute approximate surface area is 84.4 Å². The van der Waals surface area contributed by atoms with E-state index in [1.165, 1.54) is 0 Å². The number of aliphatic hydroxyl groups excluding tert-OH is 1. The van der Waals surface area contributed by atoms with Gasteiger partial charge in [0.25, 0.3) is 0 Å². The van der Waals surface area contributed by atoms with Crippen LogP contribution in [0.4, 0.5) is 0 Å². The number of carbonyl (C=O) groups is 1. The monoisotopic (exact) mass is 195 g/mol. The molecule has 1 heterocycles. The van der Waals surface area contributed by atoms with Crippen LogP contribution in [0.3, 0.4) is 0 Å². The number of rotatable bonds is 2. The summed E-state index contributed by atoms with van der Waals surface area (Å²) in [6, 6.07) is 0. The normalized spacial score (nSPS) is 31.4. The van der Waals surface area contributed by atoms with Crippen LogP contribution in [0.5, 0.6) is 0 Å². The topological polar surface area (TPSA) is 40.5 Å². The molecular weight excluding hydrogens is 178 g/mol. The molecule has 3 heteroatoms. The zero-order valence-corrected chi connectivity index (χ0v) is 8.35. The van der Waals surface area contributed by atoms with E-state index in [4.69, 9.17) is 0 Å². The largest absolute Gasteiger partial charge is 0.391 e. The number of amides is 1. The molecule has 1 aliphatic heterocycles. The first-order valence-electron chi connectivity index (χ1n) is 5.38. The van der Waals surface area contributed by atoms with Crippen LogP contribution in [-0.4, -0.2) is 35.1 Å². The number of aliphatic hydroxyl groups is 1. The van der Waals surface area contributed by atoms with Crippen molar-refractivity contribution in [3.05, 3.63) is 12.2 Å². The van der Waals surface area contributed by atoms with E-state index in [1.54, 1.807) is 4.90 Å². The number of likely N-dealkylation sites (tertiary alicyclic amines) is 1. The molecule has 2 atom stereocenters. The van der Waals surface area contributed by atoms with Crippen LogP contribution in [0.1, 0.15) is 25.7 Å². The van der Waals surface area contributed by atoms with Crippen molar-refractivity contribution in [3.63, 3.8) is 0 Å². The molecule has 1 amide bonds. The molecule has 2 aliphatic rings. The molecule has 14 heavy (non-hydrogen) atoms. The third-order valence-electron chi connectivity index (χ3n) is 3.07. The number of hydrogen-bond donors (Lipinski definition) is 1. The molecule has 1 saturated heterocycles. The molecule has 0 saturated carbocycles. The molecule has 0 radical (unpaired) electrons. The summed E-state index contributed by atoms with van der Waals surface area (Å²) in [7, 11) is 0. The predicted molar refractivity (Wildman–Crippen MR) is 53.7 cm³/mol. The van der Waals surface area contributed by atoms with Crippen molar-refractivity contribution in [3.8, 4) is 0 Å². The Balaban J connectivity index is 1.80. The Morgan fingerprint density at radius 1 is 1.50 bits per heavy atom.